The number of aromatic nitrogens is 2. The largest absolute Gasteiger partial charge is 0.350 e. The van der Waals surface area contributed by atoms with Crippen molar-refractivity contribution in [2.24, 2.45) is 0 Å². The molecule has 0 saturated carbocycles. The molecule has 1 aliphatic carbocycles. The lowest BCUT2D eigenvalue weighted by atomic mass is 9.95. The first-order chi connectivity index (χ1) is 10.9. The van der Waals surface area contributed by atoms with Gasteiger partial charge in [-0.3, -0.25) is 14.3 Å². The van der Waals surface area contributed by atoms with Crippen LogP contribution in [0.3, 0.4) is 0 Å². The first-order valence-electron chi connectivity index (χ1n) is 8.43. The molecule has 1 aromatic rings. The molecule has 1 aromatic heterocycles. The minimum Gasteiger partial charge on any atom is -0.350 e. The van der Waals surface area contributed by atoms with Crippen LogP contribution in [0.25, 0.3) is 0 Å². The first-order valence-corrected chi connectivity index (χ1v) is 8.43. The SMILES string of the molecule is CC(=O)c1c(C)nn(CCC(=O)NC(C)C2=CCCCC2)c1C. The van der Waals surface area contributed by atoms with E-state index in [1.807, 2.05) is 20.8 Å². The molecule has 1 N–H and O–H groups in total. The molecule has 5 nitrogen and oxygen atoms in total. The fraction of sp³-hybridized carbons (Fsp3) is 0.611. The smallest absolute Gasteiger partial charge is 0.222 e. The van der Waals surface area contributed by atoms with Gasteiger partial charge in [0.2, 0.25) is 5.91 Å². The summed E-state index contributed by atoms with van der Waals surface area (Å²) >= 11 is 0. The van der Waals surface area contributed by atoms with Crippen molar-refractivity contribution in [2.45, 2.75) is 72.4 Å². The van der Waals surface area contributed by atoms with E-state index in [2.05, 4.69) is 16.5 Å². The molecule has 0 aliphatic heterocycles. The molecule has 126 valence electrons. The highest BCUT2D eigenvalue weighted by Crippen LogP contribution is 2.20. The van der Waals surface area contributed by atoms with Gasteiger partial charge in [-0.15, -0.1) is 0 Å². The first kappa shape index (κ1) is 17.4. The van der Waals surface area contributed by atoms with Gasteiger partial charge in [0.05, 0.1) is 11.3 Å². The summed E-state index contributed by atoms with van der Waals surface area (Å²) in [4.78, 5) is 23.8. The molecule has 0 spiro atoms. The molecule has 1 atom stereocenters. The number of nitrogens with one attached hydrogen (secondary N) is 1. The van der Waals surface area contributed by atoms with Gasteiger partial charge in [-0.05, 0) is 53.4 Å². The van der Waals surface area contributed by atoms with Crippen LogP contribution in [0.15, 0.2) is 11.6 Å². The van der Waals surface area contributed by atoms with Crippen LogP contribution in [0, 0.1) is 13.8 Å². The monoisotopic (exact) mass is 317 g/mol. The molecule has 1 amide bonds. The van der Waals surface area contributed by atoms with Gasteiger partial charge in [0.15, 0.2) is 5.78 Å². The Balaban J connectivity index is 1.91. The Labute approximate surface area is 138 Å². The minimum absolute atomic E-state index is 0.0218. The van der Waals surface area contributed by atoms with E-state index in [0.29, 0.717) is 18.5 Å². The Hall–Kier alpha value is -1.91. The highest BCUT2D eigenvalue weighted by Gasteiger charge is 2.17. The lowest BCUT2D eigenvalue weighted by Gasteiger charge is -2.21. The van der Waals surface area contributed by atoms with Gasteiger partial charge in [-0.2, -0.15) is 5.10 Å². The normalized spacial score (nSPS) is 15.9. The molecule has 5 heteroatoms. The zero-order chi connectivity index (χ0) is 17.0. The highest BCUT2D eigenvalue weighted by molar-refractivity contribution is 5.96. The predicted octanol–water partition coefficient (Wildman–Crippen LogP) is 3.10. The van der Waals surface area contributed by atoms with Gasteiger partial charge in [-0.1, -0.05) is 11.6 Å². The van der Waals surface area contributed by atoms with Gasteiger partial charge >= 0.3 is 0 Å². The maximum absolute atomic E-state index is 12.2. The zero-order valence-corrected chi connectivity index (χ0v) is 14.6. The molecule has 0 bridgehead atoms. The number of amides is 1. The molecule has 1 unspecified atom stereocenters. The van der Waals surface area contributed by atoms with Crippen LogP contribution in [0.4, 0.5) is 0 Å². The van der Waals surface area contributed by atoms with Crippen LogP contribution in [-0.2, 0) is 11.3 Å². The third-order valence-corrected chi connectivity index (χ3v) is 4.54. The summed E-state index contributed by atoms with van der Waals surface area (Å²) < 4.78 is 1.76. The summed E-state index contributed by atoms with van der Waals surface area (Å²) in [6, 6.07) is 0.107. The average molecular weight is 317 g/mol. The number of carbonyl (C=O) groups is 2. The summed E-state index contributed by atoms with van der Waals surface area (Å²) in [7, 11) is 0. The second-order valence-corrected chi connectivity index (χ2v) is 6.39. The standard InChI is InChI=1S/C18H27N3O2/c1-12(16-8-6-5-7-9-16)19-17(23)10-11-21-14(3)18(15(4)22)13(2)20-21/h8,12H,5-7,9-11H2,1-4H3,(H,19,23). The number of allylic oxidation sites excluding steroid dienone is 1. The number of rotatable bonds is 6. The van der Waals surface area contributed by atoms with Gasteiger partial charge in [0, 0.05) is 24.7 Å². The number of aryl methyl sites for hydroxylation is 2. The minimum atomic E-state index is 0.0218. The molecule has 0 saturated heterocycles. The zero-order valence-electron chi connectivity index (χ0n) is 14.6. The van der Waals surface area contributed by atoms with E-state index in [-0.39, 0.29) is 17.7 Å². The number of carbonyl (C=O) groups excluding carboxylic acids is 2. The Morgan fingerprint density at radius 1 is 1.35 bits per heavy atom. The van der Waals surface area contributed by atoms with E-state index in [9.17, 15) is 9.59 Å². The van der Waals surface area contributed by atoms with Crippen LogP contribution >= 0.6 is 0 Å². The number of nitrogens with zero attached hydrogens (tertiary/aromatic N) is 2. The third-order valence-electron chi connectivity index (χ3n) is 4.54. The third kappa shape index (κ3) is 4.30. The summed E-state index contributed by atoms with van der Waals surface area (Å²) in [6.45, 7) is 7.81. The Morgan fingerprint density at radius 3 is 2.65 bits per heavy atom. The van der Waals surface area contributed by atoms with Crippen molar-refractivity contribution in [1.29, 1.82) is 0 Å². The van der Waals surface area contributed by atoms with E-state index in [4.69, 9.17) is 0 Å². The van der Waals surface area contributed by atoms with Gasteiger partial charge < -0.3 is 5.32 Å². The maximum Gasteiger partial charge on any atom is 0.222 e. The van der Waals surface area contributed by atoms with Gasteiger partial charge in [-0.25, -0.2) is 0 Å². The van der Waals surface area contributed by atoms with Crippen molar-refractivity contribution in [3.63, 3.8) is 0 Å². The van der Waals surface area contributed by atoms with Crippen molar-refractivity contribution in [2.75, 3.05) is 0 Å². The second kappa shape index (κ2) is 7.57. The number of hydrogen-bond donors (Lipinski definition) is 1. The summed E-state index contributed by atoms with van der Waals surface area (Å²) in [5.74, 6) is 0.0504. The van der Waals surface area contributed by atoms with E-state index in [1.165, 1.54) is 18.4 Å². The van der Waals surface area contributed by atoms with Crippen molar-refractivity contribution in [3.05, 3.63) is 28.6 Å². The summed E-state index contributed by atoms with van der Waals surface area (Å²) in [5, 5.41) is 7.45. The maximum atomic E-state index is 12.2. The highest BCUT2D eigenvalue weighted by atomic mass is 16.1. The molecule has 1 heterocycles. The topological polar surface area (TPSA) is 64.0 Å². The molecule has 0 aromatic carbocycles. The second-order valence-electron chi connectivity index (χ2n) is 6.39. The molecular weight excluding hydrogens is 290 g/mol. The van der Waals surface area contributed by atoms with Crippen LogP contribution in [0.1, 0.15) is 67.7 Å². The van der Waals surface area contributed by atoms with Crippen molar-refractivity contribution in [3.8, 4) is 0 Å². The fourth-order valence-corrected chi connectivity index (χ4v) is 3.29. The van der Waals surface area contributed by atoms with Crippen LogP contribution < -0.4 is 5.32 Å². The molecule has 0 fully saturated rings. The molecule has 23 heavy (non-hydrogen) atoms. The lowest BCUT2D eigenvalue weighted by Crippen LogP contribution is -2.35. The van der Waals surface area contributed by atoms with E-state index in [0.717, 1.165) is 24.2 Å². The number of ketones is 1. The van der Waals surface area contributed by atoms with Crippen LogP contribution in [0.5, 0.6) is 0 Å². The summed E-state index contributed by atoms with van der Waals surface area (Å²) in [6.07, 6.45) is 7.30. The van der Waals surface area contributed by atoms with E-state index in [1.54, 1.807) is 11.6 Å². The van der Waals surface area contributed by atoms with Crippen LogP contribution in [0.2, 0.25) is 0 Å². The van der Waals surface area contributed by atoms with Crippen molar-refractivity contribution < 1.29 is 9.59 Å². The Bertz CT molecular complexity index is 628. The average Bonchev–Trinajstić information content (AvgIpc) is 2.80. The number of Topliss-reactive ketones (excluding diaryl/α,β-unsaturated/α-hetero) is 1. The Morgan fingerprint density at radius 2 is 2.09 bits per heavy atom. The predicted molar refractivity (Wildman–Crippen MR) is 90.5 cm³/mol. The Kier molecular flexibility index (Phi) is 5.74. The molecular formula is C18H27N3O2. The van der Waals surface area contributed by atoms with Crippen molar-refractivity contribution >= 4 is 11.7 Å². The lowest BCUT2D eigenvalue weighted by molar-refractivity contribution is -0.121. The summed E-state index contributed by atoms with van der Waals surface area (Å²) in [5.41, 5.74) is 3.59. The van der Waals surface area contributed by atoms with E-state index < -0.39 is 0 Å². The fourth-order valence-electron chi connectivity index (χ4n) is 3.29. The number of hydrogen-bond acceptors (Lipinski definition) is 3. The molecule has 0 radical (unpaired) electrons. The van der Waals surface area contributed by atoms with Gasteiger partial charge in [0.1, 0.15) is 0 Å². The van der Waals surface area contributed by atoms with E-state index >= 15 is 0 Å². The molecule has 1 aliphatic rings. The molecule has 2 rings (SSSR count). The quantitative estimate of drug-likeness (QED) is 0.648. The van der Waals surface area contributed by atoms with Crippen LogP contribution in [-0.4, -0.2) is 27.5 Å². The van der Waals surface area contributed by atoms with Gasteiger partial charge in [0.25, 0.3) is 0 Å². The van der Waals surface area contributed by atoms with Crippen molar-refractivity contribution in [1.82, 2.24) is 15.1 Å².